The number of hydrogen-bond acceptors (Lipinski definition) is 3. The van der Waals surface area contributed by atoms with Crippen molar-refractivity contribution in [2.45, 2.75) is 6.42 Å². The zero-order valence-electron chi connectivity index (χ0n) is 8.62. The van der Waals surface area contributed by atoms with Crippen molar-refractivity contribution in [1.82, 2.24) is 0 Å². The average Bonchev–Trinajstić information content (AvgIpc) is 2.49. The van der Waals surface area contributed by atoms with E-state index < -0.39 is 0 Å². The largest absolute Gasteiger partial charge is 0.466 e. The van der Waals surface area contributed by atoms with Gasteiger partial charge in [-0.2, -0.15) is 0 Å². The summed E-state index contributed by atoms with van der Waals surface area (Å²) in [6.07, 6.45) is 2.59. The first-order valence-corrected chi connectivity index (χ1v) is 4.93. The molecule has 0 radical (unpaired) electrons. The van der Waals surface area contributed by atoms with Crippen LogP contribution in [0.5, 0.6) is 0 Å². The van der Waals surface area contributed by atoms with Gasteiger partial charge in [-0.25, -0.2) is 4.79 Å². The van der Waals surface area contributed by atoms with Crippen LogP contribution in [0.4, 0.5) is 5.69 Å². The zero-order chi connectivity index (χ0) is 10.7. The number of carbonyl (C=O) groups excluding carboxylic acids is 1. The Morgan fingerprint density at radius 3 is 3.00 bits per heavy atom. The van der Waals surface area contributed by atoms with E-state index in [0.717, 1.165) is 23.4 Å². The number of benzene rings is 1. The van der Waals surface area contributed by atoms with Gasteiger partial charge in [0.15, 0.2) is 0 Å². The highest BCUT2D eigenvalue weighted by atomic mass is 16.5. The summed E-state index contributed by atoms with van der Waals surface area (Å²) in [6.45, 7) is 0.762. The Balaban J connectivity index is 2.38. The van der Waals surface area contributed by atoms with Crippen LogP contribution < -0.4 is 5.32 Å². The maximum Gasteiger partial charge on any atom is 0.333 e. The molecule has 78 valence electrons. The summed E-state index contributed by atoms with van der Waals surface area (Å²) in [4.78, 5) is 11.4. The lowest BCUT2D eigenvalue weighted by Gasteiger charge is -2.04. The highest BCUT2D eigenvalue weighted by Gasteiger charge is 2.13. The molecule has 3 heteroatoms. The summed E-state index contributed by atoms with van der Waals surface area (Å²) in [5.74, 6) is -0.242. The second-order valence-corrected chi connectivity index (χ2v) is 3.43. The van der Waals surface area contributed by atoms with Crippen LogP contribution in [0.25, 0.3) is 6.08 Å². The van der Waals surface area contributed by atoms with Gasteiger partial charge >= 0.3 is 5.97 Å². The van der Waals surface area contributed by atoms with Gasteiger partial charge in [-0.1, -0.05) is 18.2 Å². The van der Waals surface area contributed by atoms with Crippen LogP contribution in [0, 0.1) is 0 Å². The number of hydrogen-bond donors (Lipinski definition) is 1. The van der Waals surface area contributed by atoms with E-state index in [9.17, 15) is 4.79 Å². The number of carbonyl (C=O) groups is 1. The Morgan fingerprint density at radius 2 is 2.20 bits per heavy atom. The molecule has 2 rings (SSSR count). The summed E-state index contributed by atoms with van der Waals surface area (Å²) in [6, 6.07) is 7.92. The molecule has 0 unspecified atom stereocenters. The minimum atomic E-state index is -0.242. The second-order valence-electron chi connectivity index (χ2n) is 3.43. The minimum absolute atomic E-state index is 0.242. The summed E-state index contributed by atoms with van der Waals surface area (Å²) in [5.41, 5.74) is 2.82. The second kappa shape index (κ2) is 4.17. The third-order valence-electron chi connectivity index (χ3n) is 2.45. The van der Waals surface area contributed by atoms with Gasteiger partial charge in [-0.05, 0) is 24.1 Å². The lowest BCUT2D eigenvalue weighted by Crippen LogP contribution is -2.07. The first-order chi connectivity index (χ1) is 7.31. The molecule has 0 aliphatic carbocycles. The number of rotatable bonds is 1. The molecule has 1 aliphatic heterocycles. The van der Waals surface area contributed by atoms with Crippen molar-refractivity contribution in [2.75, 3.05) is 19.0 Å². The molecule has 1 heterocycles. The van der Waals surface area contributed by atoms with Gasteiger partial charge < -0.3 is 10.1 Å². The first-order valence-electron chi connectivity index (χ1n) is 4.93. The molecule has 0 aromatic heterocycles. The molecule has 0 saturated carbocycles. The summed E-state index contributed by atoms with van der Waals surface area (Å²) >= 11 is 0. The SMILES string of the molecule is COC(=O)C1=Cc2ccccc2NCC1. The number of para-hydroxylation sites is 1. The van der Waals surface area contributed by atoms with Crippen LogP contribution in [0.3, 0.4) is 0 Å². The van der Waals surface area contributed by atoms with E-state index in [4.69, 9.17) is 4.74 Å². The highest BCUT2D eigenvalue weighted by molar-refractivity contribution is 5.95. The molecular formula is C12H13NO2. The summed E-state index contributed by atoms with van der Waals surface area (Å²) < 4.78 is 4.73. The van der Waals surface area contributed by atoms with Crippen LogP contribution in [0.2, 0.25) is 0 Å². The number of nitrogens with one attached hydrogen (secondary N) is 1. The molecule has 3 nitrogen and oxygen atoms in total. The molecule has 0 atom stereocenters. The van der Waals surface area contributed by atoms with Gasteiger partial charge in [0.05, 0.1) is 7.11 Å². The van der Waals surface area contributed by atoms with Crippen LogP contribution in [0.1, 0.15) is 12.0 Å². The first kappa shape index (κ1) is 9.77. The number of anilines is 1. The van der Waals surface area contributed by atoms with Crippen molar-refractivity contribution >= 4 is 17.7 Å². The van der Waals surface area contributed by atoms with E-state index in [-0.39, 0.29) is 5.97 Å². The fraction of sp³-hybridized carbons (Fsp3) is 0.250. The fourth-order valence-electron chi connectivity index (χ4n) is 1.67. The van der Waals surface area contributed by atoms with Crippen LogP contribution in [0.15, 0.2) is 29.8 Å². The molecule has 0 amide bonds. The van der Waals surface area contributed by atoms with Crippen LogP contribution in [-0.4, -0.2) is 19.6 Å². The molecular weight excluding hydrogens is 190 g/mol. The Bertz CT molecular complexity index is 410. The van der Waals surface area contributed by atoms with Gasteiger partial charge in [0, 0.05) is 17.8 Å². The molecule has 1 aromatic rings. The van der Waals surface area contributed by atoms with Crippen molar-refractivity contribution in [3.05, 3.63) is 35.4 Å². The Labute approximate surface area is 88.8 Å². The lowest BCUT2D eigenvalue weighted by atomic mass is 10.1. The van der Waals surface area contributed by atoms with Crippen molar-refractivity contribution in [2.24, 2.45) is 0 Å². The maximum absolute atomic E-state index is 11.4. The van der Waals surface area contributed by atoms with E-state index in [1.165, 1.54) is 7.11 Å². The third-order valence-corrected chi connectivity index (χ3v) is 2.45. The quantitative estimate of drug-likeness (QED) is 0.710. The molecule has 1 N–H and O–H groups in total. The average molecular weight is 203 g/mol. The Hall–Kier alpha value is -1.77. The molecule has 1 aliphatic rings. The van der Waals surface area contributed by atoms with Gasteiger partial charge in [0.1, 0.15) is 0 Å². The number of ether oxygens (including phenoxy) is 1. The van der Waals surface area contributed by atoms with Crippen molar-refractivity contribution < 1.29 is 9.53 Å². The van der Waals surface area contributed by atoms with Gasteiger partial charge in [-0.15, -0.1) is 0 Å². The number of methoxy groups -OCH3 is 1. The Kier molecular flexibility index (Phi) is 2.72. The molecule has 0 bridgehead atoms. The van der Waals surface area contributed by atoms with Crippen molar-refractivity contribution in [3.63, 3.8) is 0 Å². The van der Waals surface area contributed by atoms with Gasteiger partial charge in [-0.3, -0.25) is 0 Å². The fourth-order valence-corrected chi connectivity index (χ4v) is 1.67. The van der Waals surface area contributed by atoms with Crippen LogP contribution in [-0.2, 0) is 9.53 Å². The van der Waals surface area contributed by atoms with E-state index in [1.54, 1.807) is 0 Å². The predicted molar refractivity (Wildman–Crippen MR) is 59.5 cm³/mol. The topological polar surface area (TPSA) is 38.3 Å². The number of esters is 1. The van der Waals surface area contributed by atoms with Gasteiger partial charge in [0.25, 0.3) is 0 Å². The maximum atomic E-state index is 11.4. The van der Waals surface area contributed by atoms with Gasteiger partial charge in [0.2, 0.25) is 0 Å². The molecule has 0 saturated heterocycles. The van der Waals surface area contributed by atoms with E-state index in [1.807, 2.05) is 30.3 Å². The molecule has 1 aromatic carbocycles. The highest BCUT2D eigenvalue weighted by Crippen LogP contribution is 2.23. The van der Waals surface area contributed by atoms with Crippen molar-refractivity contribution in [3.8, 4) is 0 Å². The third kappa shape index (κ3) is 2.01. The molecule has 0 spiro atoms. The molecule has 15 heavy (non-hydrogen) atoms. The predicted octanol–water partition coefficient (Wildman–Crippen LogP) is 2.06. The minimum Gasteiger partial charge on any atom is -0.466 e. The van der Waals surface area contributed by atoms with Crippen molar-refractivity contribution in [1.29, 1.82) is 0 Å². The summed E-state index contributed by atoms with van der Waals surface area (Å²) in [7, 11) is 1.41. The normalized spacial score (nSPS) is 14.3. The summed E-state index contributed by atoms with van der Waals surface area (Å²) in [5, 5.41) is 3.27. The monoisotopic (exact) mass is 203 g/mol. The zero-order valence-corrected chi connectivity index (χ0v) is 8.62. The van der Waals surface area contributed by atoms with E-state index in [0.29, 0.717) is 6.42 Å². The Morgan fingerprint density at radius 1 is 1.40 bits per heavy atom. The van der Waals surface area contributed by atoms with Crippen LogP contribution >= 0.6 is 0 Å². The van der Waals surface area contributed by atoms with E-state index >= 15 is 0 Å². The lowest BCUT2D eigenvalue weighted by molar-refractivity contribution is -0.136. The molecule has 0 fully saturated rings. The smallest absolute Gasteiger partial charge is 0.333 e. The van der Waals surface area contributed by atoms with E-state index in [2.05, 4.69) is 5.32 Å². The standard InChI is InChI=1S/C12H13NO2/c1-15-12(14)10-6-7-13-11-5-3-2-4-9(11)8-10/h2-5,8,13H,6-7H2,1H3. The number of fused-ring (bicyclic) bond motifs is 1.